The Hall–Kier alpha value is -1.34. The molecule has 0 saturated carbocycles. The summed E-state index contributed by atoms with van der Waals surface area (Å²) in [6.45, 7) is 1.15. The molecule has 1 saturated heterocycles. The number of morpholine rings is 1. The Morgan fingerprint density at radius 1 is 1.40 bits per heavy atom. The van der Waals surface area contributed by atoms with Crippen molar-refractivity contribution < 1.29 is 24.5 Å². The maximum atomic E-state index is 11.5. The number of rotatable bonds is 3. The summed E-state index contributed by atoms with van der Waals surface area (Å²) in [5.74, 6) is -1.25. The third-order valence-electron chi connectivity index (χ3n) is 2.08. The van der Waals surface area contributed by atoms with Crippen LogP contribution in [0.1, 0.15) is 0 Å². The minimum absolute atomic E-state index is 0.434. The van der Waals surface area contributed by atoms with Gasteiger partial charge in [-0.1, -0.05) is 0 Å². The molecule has 1 aliphatic rings. The minimum Gasteiger partial charge on any atom is -0.480 e. The molecule has 3 N–H and O–H groups in total. The third kappa shape index (κ3) is 3.37. The van der Waals surface area contributed by atoms with Crippen molar-refractivity contribution in [2.24, 2.45) is 0 Å². The number of nitrogens with one attached hydrogen (secondary N) is 1. The van der Waals surface area contributed by atoms with Crippen LogP contribution in [0.5, 0.6) is 0 Å². The smallest absolute Gasteiger partial charge is 0.328 e. The highest BCUT2D eigenvalue weighted by Gasteiger charge is 2.23. The highest BCUT2D eigenvalue weighted by atomic mass is 16.5. The first kappa shape index (κ1) is 11.7. The first-order valence-electron chi connectivity index (χ1n) is 4.62. The van der Waals surface area contributed by atoms with Crippen molar-refractivity contribution in [2.45, 2.75) is 6.04 Å². The number of carboxylic acid groups (broad SMARTS) is 1. The van der Waals surface area contributed by atoms with Gasteiger partial charge in [0.1, 0.15) is 0 Å². The van der Waals surface area contributed by atoms with Gasteiger partial charge in [0.15, 0.2) is 6.04 Å². The highest BCUT2D eigenvalue weighted by Crippen LogP contribution is 1.97. The molecule has 1 atom stereocenters. The number of ether oxygens (including phenoxy) is 1. The van der Waals surface area contributed by atoms with Gasteiger partial charge >= 0.3 is 12.0 Å². The van der Waals surface area contributed by atoms with Crippen molar-refractivity contribution in [1.29, 1.82) is 0 Å². The highest BCUT2D eigenvalue weighted by molar-refractivity contribution is 5.82. The van der Waals surface area contributed by atoms with Crippen molar-refractivity contribution in [3.8, 4) is 0 Å². The average molecular weight is 218 g/mol. The standard InChI is InChI=1S/C8H14N2O5/c11-5-6(7(12)13)9-8(14)10-1-3-15-4-2-10/h6,11H,1-5H2,(H,9,14)(H,12,13). The van der Waals surface area contributed by atoms with Gasteiger partial charge in [0.05, 0.1) is 19.8 Å². The monoisotopic (exact) mass is 218 g/mol. The molecule has 1 heterocycles. The van der Waals surface area contributed by atoms with E-state index in [1.54, 1.807) is 0 Å². The summed E-state index contributed by atoms with van der Waals surface area (Å²) < 4.78 is 5.04. The zero-order valence-corrected chi connectivity index (χ0v) is 8.18. The summed E-state index contributed by atoms with van der Waals surface area (Å²) in [5.41, 5.74) is 0. The van der Waals surface area contributed by atoms with Gasteiger partial charge in [0, 0.05) is 13.1 Å². The Balaban J connectivity index is 2.42. The van der Waals surface area contributed by atoms with Crippen LogP contribution in [0.25, 0.3) is 0 Å². The van der Waals surface area contributed by atoms with Crippen LogP contribution in [0.3, 0.4) is 0 Å². The summed E-state index contributed by atoms with van der Waals surface area (Å²) >= 11 is 0. The van der Waals surface area contributed by atoms with Crippen LogP contribution in [-0.2, 0) is 9.53 Å². The number of carbonyl (C=O) groups excluding carboxylic acids is 1. The minimum atomic E-state index is -1.25. The molecule has 86 valence electrons. The summed E-state index contributed by atoms with van der Waals surface area (Å²) in [6, 6.07) is -1.74. The second-order valence-electron chi connectivity index (χ2n) is 3.12. The van der Waals surface area contributed by atoms with Gasteiger partial charge in [0.25, 0.3) is 0 Å². The number of hydrogen-bond acceptors (Lipinski definition) is 4. The van der Waals surface area contributed by atoms with E-state index in [1.165, 1.54) is 4.90 Å². The van der Waals surface area contributed by atoms with Crippen LogP contribution >= 0.6 is 0 Å². The number of nitrogens with zero attached hydrogens (tertiary/aromatic N) is 1. The average Bonchev–Trinajstić information content (AvgIpc) is 2.26. The molecule has 1 rings (SSSR count). The van der Waals surface area contributed by atoms with E-state index in [4.69, 9.17) is 14.9 Å². The fraction of sp³-hybridized carbons (Fsp3) is 0.750. The molecule has 0 aromatic rings. The van der Waals surface area contributed by atoms with E-state index in [0.717, 1.165) is 0 Å². The zero-order chi connectivity index (χ0) is 11.3. The van der Waals surface area contributed by atoms with E-state index < -0.39 is 24.6 Å². The molecule has 0 aliphatic carbocycles. The van der Waals surface area contributed by atoms with Gasteiger partial charge in [-0.05, 0) is 0 Å². The largest absolute Gasteiger partial charge is 0.480 e. The molecule has 7 heteroatoms. The number of urea groups is 1. The number of aliphatic hydroxyl groups excluding tert-OH is 1. The quantitative estimate of drug-likeness (QED) is 0.534. The Morgan fingerprint density at radius 3 is 2.47 bits per heavy atom. The molecule has 15 heavy (non-hydrogen) atoms. The summed E-state index contributed by atoms with van der Waals surface area (Å²) in [4.78, 5) is 23.4. The Bertz CT molecular complexity index is 239. The molecule has 1 unspecified atom stereocenters. The van der Waals surface area contributed by atoms with Gasteiger partial charge in [-0.3, -0.25) is 0 Å². The predicted octanol–water partition coefficient (Wildman–Crippen LogP) is -1.53. The summed E-state index contributed by atoms with van der Waals surface area (Å²) in [5, 5.41) is 19.5. The number of carbonyl (C=O) groups is 2. The molecule has 1 fully saturated rings. The predicted molar refractivity (Wildman–Crippen MR) is 49.4 cm³/mol. The number of hydrogen-bond donors (Lipinski definition) is 3. The molecule has 0 spiro atoms. The van der Waals surface area contributed by atoms with Gasteiger partial charge in [-0.2, -0.15) is 0 Å². The van der Waals surface area contributed by atoms with Crippen molar-refractivity contribution in [2.75, 3.05) is 32.9 Å². The topological polar surface area (TPSA) is 99.1 Å². The van der Waals surface area contributed by atoms with E-state index in [1.807, 2.05) is 0 Å². The second kappa shape index (κ2) is 5.52. The van der Waals surface area contributed by atoms with Crippen LogP contribution in [0.2, 0.25) is 0 Å². The summed E-state index contributed by atoms with van der Waals surface area (Å²) in [7, 11) is 0. The van der Waals surface area contributed by atoms with Crippen LogP contribution < -0.4 is 5.32 Å². The lowest BCUT2D eigenvalue weighted by atomic mass is 10.3. The van der Waals surface area contributed by atoms with Crippen LogP contribution in [0, 0.1) is 0 Å². The van der Waals surface area contributed by atoms with E-state index >= 15 is 0 Å². The third-order valence-corrected chi connectivity index (χ3v) is 2.08. The van der Waals surface area contributed by atoms with E-state index in [2.05, 4.69) is 5.32 Å². The van der Waals surface area contributed by atoms with Crippen LogP contribution in [0.4, 0.5) is 4.79 Å². The normalized spacial score (nSPS) is 18.3. The Kier molecular flexibility index (Phi) is 4.32. The molecule has 2 amide bonds. The molecule has 0 aromatic heterocycles. The lowest BCUT2D eigenvalue weighted by molar-refractivity contribution is -0.140. The molecule has 1 aliphatic heterocycles. The van der Waals surface area contributed by atoms with Gasteiger partial charge < -0.3 is 25.2 Å². The maximum absolute atomic E-state index is 11.5. The van der Waals surface area contributed by atoms with E-state index in [-0.39, 0.29) is 0 Å². The van der Waals surface area contributed by atoms with Crippen molar-refractivity contribution in [1.82, 2.24) is 10.2 Å². The molecule has 7 nitrogen and oxygen atoms in total. The Morgan fingerprint density at radius 2 is 2.00 bits per heavy atom. The van der Waals surface area contributed by atoms with Gasteiger partial charge in [-0.15, -0.1) is 0 Å². The Labute approximate surface area is 86.6 Å². The van der Waals surface area contributed by atoms with Crippen molar-refractivity contribution >= 4 is 12.0 Å². The molecule has 0 radical (unpaired) electrons. The maximum Gasteiger partial charge on any atom is 0.328 e. The molecule has 0 bridgehead atoms. The first-order chi connectivity index (χ1) is 7.15. The van der Waals surface area contributed by atoms with Gasteiger partial charge in [-0.25, -0.2) is 9.59 Å². The van der Waals surface area contributed by atoms with Crippen LogP contribution in [0.15, 0.2) is 0 Å². The first-order valence-corrected chi connectivity index (χ1v) is 4.62. The number of amides is 2. The molecular weight excluding hydrogens is 204 g/mol. The number of carboxylic acids is 1. The number of aliphatic hydroxyl groups is 1. The van der Waals surface area contributed by atoms with Gasteiger partial charge in [0.2, 0.25) is 0 Å². The molecule has 0 aromatic carbocycles. The fourth-order valence-corrected chi connectivity index (χ4v) is 1.19. The lowest BCUT2D eigenvalue weighted by Gasteiger charge is -2.27. The van der Waals surface area contributed by atoms with Crippen LogP contribution in [-0.4, -0.2) is 66.1 Å². The van der Waals surface area contributed by atoms with E-state index in [0.29, 0.717) is 26.3 Å². The zero-order valence-electron chi connectivity index (χ0n) is 8.18. The fourth-order valence-electron chi connectivity index (χ4n) is 1.19. The lowest BCUT2D eigenvalue weighted by Crippen LogP contribution is -2.52. The second-order valence-corrected chi connectivity index (χ2v) is 3.12. The molecular formula is C8H14N2O5. The van der Waals surface area contributed by atoms with E-state index in [9.17, 15) is 9.59 Å². The number of aliphatic carboxylic acids is 1. The van der Waals surface area contributed by atoms with Crippen molar-refractivity contribution in [3.63, 3.8) is 0 Å². The summed E-state index contributed by atoms with van der Waals surface area (Å²) in [6.07, 6.45) is 0. The SMILES string of the molecule is O=C(O)C(CO)NC(=O)N1CCOCC1. The van der Waals surface area contributed by atoms with Crippen molar-refractivity contribution in [3.05, 3.63) is 0 Å².